The monoisotopic (exact) mass is 327 g/mol. The topological polar surface area (TPSA) is 38.3 Å². The summed E-state index contributed by atoms with van der Waals surface area (Å²) in [6, 6.07) is 1.20. The molecule has 1 aliphatic rings. The maximum absolute atomic E-state index is 12.8. The van der Waals surface area contributed by atoms with Crippen molar-refractivity contribution in [1.29, 1.82) is 0 Å². The first kappa shape index (κ1) is 16.4. The predicted octanol–water partition coefficient (Wildman–Crippen LogP) is 4.14. The molecule has 1 aliphatic heterocycles. The van der Waals surface area contributed by atoms with Gasteiger partial charge in [-0.25, -0.2) is 4.79 Å². The van der Waals surface area contributed by atoms with E-state index in [1.54, 1.807) is 6.92 Å². The third kappa shape index (κ3) is 3.45. The zero-order valence-corrected chi connectivity index (χ0v) is 11.2. The molecule has 1 heterocycles. The second-order valence-electron chi connectivity index (χ2n) is 5.02. The first-order valence-electron chi connectivity index (χ1n) is 6.22. The average Bonchev–Trinajstić information content (AvgIpc) is 2.39. The van der Waals surface area contributed by atoms with Crippen LogP contribution >= 0.6 is 0 Å². The van der Waals surface area contributed by atoms with E-state index < -0.39 is 41.6 Å². The molecule has 0 aromatic heterocycles. The lowest BCUT2D eigenvalue weighted by Gasteiger charge is -2.30. The summed E-state index contributed by atoms with van der Waals surface area (Å²) in [5.74, 6) is -0.470. The highest BCUT2D eigenvalue weighted by Crippen LogP contribution is 2.39. The minimum Gasteiger partial charge on any atom is -0.441 e. The van der Waals surface area contributed by atoms with E-state index in [1.165, 1.54) is 0 Å². The largest absolute Gasteiger partial charge is 0.441 e. The SMILES string of the molecule is C[C@H]1CNC(=O)O[C@H]1c1cc(C(F)(F)F)cc(C(F)(F)F)c1. The summed E-state index contributed by atoms with van der Waals surface area (Å²) in [6.45, 7) is 1.65. The summed E-state index contributed by atoms with van der Waals surface area (Å²) in [4.78, 5) is 11.2. The lowest BCUT2D eigenvalue weighted by molar-refractivity contribution is -0.143. The molecule has 0 aliphatic carbocycles. The van der Waals surface area contributed by atoms with E-state index in [0.717, 1.165) is 0 Å². The number of benzene rings is 1. The van der Waals surface area contributed by atoms with Gasteiger partial charge in [-0.05, 0) is 23.8 Å². The number of halogens is 6. The normalized spacial score (nSPS) is 23.0. The van der Waals surface area contributed by atoms with Gasteiger partial charge < -0.3 is 10.1 Å². The van der Waals surface area contributed by atoms with Crippen LogP contribution in [-0.2, 0) is 17.1 Å². The Bertz CT molecular complexity index is 549. The number of rotatable bonds is 1. The lowest BCUT2D eigenvalue weighted by atomic mass is 9.93. The minimum atomic E-state index is -4.93. The van der Waals surface area contributed by atoms with Crippen LogP contribution in [0.2, 0.25) is 0 Å². The van der Waals surface area contributed by atoms with Crippen molar-refractivity contribution >= 4 is 6.09 Å². The van der Waals surface area contributed by atoms with Crippen molar-refractivity contribution in [1.82, 2.24) is 5.32 Å². The highest BCUT2D eigenvalue weighted by atomic mass is 19.4. The third-order valence-electron chi connectivity index (χ3n) is 3.26. The molecule has 0 saturated carbocycles. The fraction of sp³-hybridized carbons (Fsp3) is 0.462. The fourth-order valence-corrected chi connectivity index (χ4v) is 2.16. The number of hydrogen-bond acceptors (Lipinski definition) is 2. The van der Waals surface area contributed by atoms with Crippen molar-refractivity contribution < 1.29 is 35.9 Å². The fourth-order valence-electron chi connectivity index (χ4n) is 2.16. The second-order valence-corrected chi connectivity index (χ2v) is 5.02. The summed E-state index contributed by atoms with van der Waals surface area (Å²) in [5, 5.41) is 2.32. The number of ether oxygens (including phenoxy) is 1. The second kappa shape index (κ2) is 5.36. The molecule has 122 valence electrons. The molecule has 0 radical (unpaired) electrons. The molecule has 2 rings (SSSR count). The Hall–Kier alpha value is -1.93. The van der Waals surface area contributed by atoms with Gasteiger partial charge in [0.1, 0.15) is 6.10 Å². The van der Waals surface area contributed by atoms with E-state index in [-0.39, 0.29) is 18.2 Å². The molecule has 0 bridgehead atoms. The van der Waals surface area contributed by atoms with Gasteiger partial charge in [0.15, 0.2) is 0 Å². The smallest absolute Gasteiger partial charge is 0.416 e. The van der Waals surface area contributed by atoms with Crippen LogP contribution in [0.15, 0.2) is 18.2 Å². The number of alkyl halides is 6. The van der Waals surface area contributed by atoms with Gasteiger partial charge in [0.2, 0.25) is 0 Å². The molecule has 0 unspecified atom stereocenters. The average molecular weight is 327 g/mol. The van der Waals surface area contributed by atoms with E-state index in [2.05, 4.69) is 5.32 Å². The van der Waals surface area contributed by atoms with Crippen LogP contribution in [-0.4, -0.2) is 12.6 Å². The number of hydrogen-bond donors (Lipinski definition) is 1. The van der Waals surface area contributed by atoms with Gasteiger partial charge in [0.25, 0.3) is 0 Å². The molecule has 1 N–H and O–H groups in total. The van der Waals surface area contributed by atoms with Gasteiger partial charge in [0, 0.05) is 12.5 Å². The molecular formula is C13H11F6NO2. The Kier molecular flexibility index (Phi) is 4.01. The Morgan fingerprint density at radius 1 is 1.05 bits per heavy atom. The number of nitrogens with one attached hydrogen (secondary N) is 1. The molecule has 1 aromatic rings. The lowest BCUT2D eigenvalue weighted by Crippen LogP contribution is -2.39. The standard InChI is InChI=1S/C13H11F6NO2/c1-6-5-20-11(21)22-10(6)7-2-8(12(14,15)16)4-9(3-7)13(17,18)19/h2-4,6,10H,5H2,1H3,(H,20,21)/t6-,10+/m0/s1. The summed E-state index contributed by atoms with van der Waals surface area (Å²) >= 11 is 0. The summed E-state index contributed by atoms with van der Waals surface area (Å²) < 4.78 is 81.6. The van der Waals surface area contributed by atoms with Crippen LogP contribution < -0.4 is 5.32 Å². The van der Waals surface area contributed by atoms with Crippen molar-refractivity contribution in [2.75, 3.05) is 6.54 Å². The quantitative estimate of drug-likeness (QED) is 0.787. The van der Waals surface area contributed by atoms with Gasteiger partial charge in [-0.15, -0.1) is 0 Å². The zero-order chi connectivity index (χ0) is 16.7. The molecule has 22 heavy (non-hydrogen) atoms. The zero-order valence-electron chi connectivity index (χ0n) is 11.2. The Labute approximate surface area is 121 Å². The minimum absolute atomic E-state index is 0.0388. The molecular weight excluding hydrogens is 316 g/mol. The van der Waals surface area contributed by atoms with Crippen LogP contribution in [0.1, 0.15) is 29.7 Å². The van der Waals surface area contributed by atoms with E-state index in [1.807, 2.05) is 0 Å². The number of carbonyl (C=O) groups excluding carboxylic acids is 1. The molecule has 9 heteroatoms. The first-order chi connectivity index (χ1) is 9.98. The highest BCUT2D eigenvalue weighted by Gasteiger charge is 2.39. The Balaban J connectivity index is 2.52. The number of carbonyl (C=O) groups is 1. The Morgan fingerprint density at radius 2 is 1.55 bits per heavy atom. The van der Waals surface area contributed by atoms with E-state index in [0.29, 0.717) is 12.1 Å². The van der Waals surface area contributed by atoms with Gasteiger partial charge in [-0.1, -0.05) is 6.92 Å². The van der Waals surface area contributed by atoms with Crippen molar-refractivity contribution in [2.24, 2.45) is 5.92 Å². The van der Waals surface area contributed by atoms with Gasteiger partial charge in [-0.3, -0.25) is 0 Å². The number of amides is 1. The van der Waals surface area contributed by atoms with Crippen molar-refractivity contribution in [3.8, 4) is 0 Å². The first-order valence-corrected chi connectivity index (χ1v) is 6.22. The van der Waals surface area contributed by atoms with E-state index in [9.17, 15) is 31.1 Å². The molecule has 1 amide bonds. The molecule has 0 spiro atoms. The van der Waals surface area contributed by atoms with Crippen LogP contribution in [0, 0.1) is 5.92 Å². The van der Waals surface area contributed by atoms with Crippen LogP contribution in [0.25, 0.3) is 0 Å². The van der Waals surface area contributed by atoms with E-state index >= 15 is 0 Å². The van der Waals surface area contributed by atoms with Crippen molar-refractivity contribution in [2.45, 2.75) is 25.4 Å². The molecule has 2 atom stereocenters. The highest BCUT2D eigenvalue weighted by molar-refractivity contribution is 5.68. The van der Waals surface area contributed by atoms with Gasteiger partial charge >= 0.3 is 18.4 Å². The summed E-state index contributed by atoms with van der Waals surface area (Å²) in [5.41, 5.74) is -3.19. The number of cyclic esters (lactones) is 1. The van der Waals surface area contributed by atoms with Crippen LogP contribution in [0.3, 0.4) is 0 Å². The van der Waals surface area contributed by atoms with Crippen LogP contribution in [0.4, 0.5) is 31.1 Å². The third-order valence-corrected chi connectivity index (χ3v) is 3.26. The molecule has 3 nitrogen and oxygen atoms in total. The molecule has 1 saturated heterocycles. The molecule has 1 fully saturated rings. The summed E-state index contributed by atoms with van der Waals surface area (Å²) in [6.07, 6.45) is -11.9. The van der Waals surface area contributed by atoms with Gasteiger partial charge in [0.05, 0.1) is 11.1 Å². The van der Waals surface area contributed by atoms with Crippen molar-refractivity contribution in [3.05, 3.63) is 34.9 Å². The predicted molar refractivity (Wildman–Crippen MR) is 62.8 cm³/mol. The van der Waals surface area contributed by atoms with Crippen LogP contribution in [0.5, 0.6) is 0 Å². The molecule has 1 aromatic carbocycles. The number of alkyl carbamates (subject to hydrolysis) is 1. The maximum atomic E-state index is 12.8. The Morgan fingerprint density at radius 3 is 2.00 bits per heavy atom. The van der Waals surface area contributed by atoms with Gasteiger partial charge in [-0.2, -0.15) is 26.3 Å². The maximum Gasteiger partial charge on any atom is 0.416 e. The van der Waals surface area contributed by atoms with E-state index in [4.69, 9.17) is 4.74 Å². The summed E-state index contributed by atoms with van der Waals surface area (Å²) in [7, 11) is 0. The van der Waals surface area contributed by atoms with Crippen molar-refractivity contribution in [3.63, 3.8) is 0 Å².